The molecular weight excluding hydrogens is 323 g/mol. The molecule has 1 aliphatic heterocycles. The Hall–Kier alpha value is -2.89. The van der Waals surface area contributed by atoms with Crippen LogP contribution < -0.4 is 9.64 Å². The Kier molecular flexibility index (Phi) is 4.70. The SMILES string of the molecule is C[C@H](c1ccc(F)cc1)N(C)C(=O)CN1C(=O)COc2ccccc21. The van der Waals surface area contributed by atoms with Crippen molar-refractivity contribution in [2.75, 3.05) is 25.1 Å². The van der Waals surface area contributed by atoms with Gasteiger partial charge < -0.3 is 9.64 Å². The van der Waals surface area contributed by atoms with Gasteiger partial charge in [0.15, 0.2) is 6.61 Å². The first-order valence-electron chi connectivity index (χ1n) is 8.00. The summed E-state index contributed by atoms with van der Waals surface area (Å²) in [6.45, 7) is 1.71. The number of carbonyl (C=O) groups is 2. The van der Waals surface area contributed by atoms with E-state index in [4.69, 9.17) is 4.74 Å². The largest absolute Gasteiger partial charge is 0.482 e. The highest BCUT2D eigenvalue weighted by atomic mass is 19.1. The number of likely N-dealkylation sites (N-methyl/N-ethyl adjacent to an activating group) is 1. The van der Waals surface area contributed by atoms with Gasteiger partial charge in [-0.05, 0) is 36.8 Å². The predicted octanol–water partition coefficient (Wildman–Crippen LogP) is 2.77. The van der Waals surface area contributed by atoms with E-state index in [1.54, 1.807) is 42.3 Å². The number of para-hydroxylation sites is 2. The molecule has 2 amide bonds. The molecule has 1 aliphatic rings. The van der Waals surface area contributed by atoms with Crippen LogP contribution in [0, 0.1) is 5.82 Å². The van der Waals surface area contributed by atoms with Gasteiger partial charge in [-0.1, -0.05) is 24.3 Å². The van der Waals surface area contributed by atoms with Crippen molar-refractivity contribution in [3.05, 3.63) is 59.9 Å². The van der Waals surface area contributed by atoms with Crippen molar-refractivity contribution in [3.8, 4) is 5.75 Å². The van der Waals surface area contributed by atoms with Gasteiger partial charge in [0.1, 0.15) is 18.1 Å². The highest BCUT2D eigenvalue weighted by Crippen LogP contribution is 2.31. The van der Waals surface area contributed by atoms with Crippen LogP contribution in [0.15, 0.2) is 48.5 Å². The summed E-state index contributed by atoms with van der Waals surface area (Å²) in [6.07, 6.45) is 0. The van der Waals surface area contributed by atoms with E-state index in [9.17, 15) is 14.0 Å². The van der Waals surface area contributed by atoms with E-state index in [1.165, 1.54) is 17.0 Å². The summed E-state index contributed by atoms with van der Waals surface area (Å²) in [7, 11) is 1.67. The zero-order chi connectivity index (χ0) is 18.0. The number of hydrogen-bond acceptors (Lipinski definition) is 3. The van der Waals surface area contributed by atoms with Crippen LogP contribution in [0.25, 0.3) is 0 Å². The fraction of sp³-hybridized carbons (Fsp3) is 0.263. The fourth-order valence-electron chi connectivity index (χ4n) is 2.75. The first kappa shape index (κ1) is 17.0. The molecule has 0 unspecified atom stereocenters. The zero-order valence-corrected chi connectivity index (χ0v) is 14.1. The third kappa shape index (κ3) is 3.47. The highest BCUT2D eigenvalue weighted by Gasteiger charge is 2.29. The van der Waals surface area contributed by atoms with Gasteiger partial charge in [-0.15, -0.1) is 0 Å². The summed E-state index contributed by atoms with van der Waals surface area (Å²) < 4.78 is 18.5. The average molecular weight is 342 g/mol. The predicted molar refractivity (Wildman–Crippen MR) is 91.9 cm³/mol. The molecule has 0 N–H and O–H groups in total. The number of benzene rings is 2. The summed E-state index contributed by atoms with van der Waals surface area (Å²) in [5.74, 6) is -0.193. The number of rotatable bonds is 4. The van der Waals surface area contributed by atoms with Crippen LogP contribution >= 0.6 is 0 Å². The minimum Gasteiger partial charge on any atom is -0.482 e. The number of nitrogens with zero attached hydrogens (tertiary/aromatic N) is 2. The lowest BCUT2D eigenvalue weighted by molar-refractivity contribution is -0.132. The van der Waals surface area contributed by atoms with Crippen LogP contribution in [-0.4, -0.2) is 36.9 Å². The summed E-state index contributed by atoms with van der Waals surface area (Å²) >= 11 is 0. The molecule has 0 aliphatic carbocycles. The zero-order valence-electron chi connectivity index (χ0n) is 14.1. The number of fused-ring (bicyclic) bond motifs is 1. The molecule has 130 valence electrons. The minimum absolute atomic E-state index is 0.0682. The Bertz CT molecular complexity index is 792. The number of anilines is 1. The molecule has 2 aromatic carbocycles. The van der Waals surface area contributed by atoms with E-state index >= 15 is 0 Å². The van der Waals surface area contributed by atoms with Crippen LogP contribution in [-0.2, 0) is 9.59 Å². The molecule has 0 saturated carbocycles. The molecule has 1 atom stereocenters. The molecule has 25 heavy (non-hydrogen) atoms. The van der Waals surface area contributed by atoms with Crippen LogP contribution in [0.5, 0.6) is 5.75 Å². The van der Waals surface area contributed by atoms with Crippen molar-refractivity contribution in [2.45, 2.75) is 13.0 Å². The summed E-state index contributed by atoms with van der Waals surface area (Å²) in [5, 5.41) is 0. The van der Waals surface area contributed by atoms with Crippen molar-refractivity contribution in [1.29, 1.82) is 0 Å². The van der Waals surface area contributed by atoms with Gasteiger partial charge in [-0.25, -0.2) is 4.39 Å². The molecule has 0 saturated heterocycles. The lowest BCUT2D eigenvalue weighted by Gasteiger charge is -2.32. The Labute approximate surface area is 145 Å². The normalized spacial score (nSPS) is 14.5. The third-order valence-corrected chi connectivity index (χ3v) is 4.43. The molecule has 0 bridgehead atoms. The monoisotopic (exact) mass is 342 g/mol. The van der Waals surface area contributed by atoms with Gasteiger partial charge in [-0.3, -0.25) is 14.5 Å². The summed E-state index contributed by atoms with van der Waals surface area (Å²) in [6, 6.07) is 12.9. The molecule has 0 fully saturated rings. The number of hydrogen-bond donors (Lipinski definition) is 0. The van der Waals surface area contributed by atoms with Crippen molar-refractivity contribution < 1.29 is 18.7 Å². The topological polar surface area (TPSA) is 49.9 Å². The fourth-order valence-corrected chi connectivity index (χ4v) is 2.75. The Morgan fingerprint density at radius 2 is 1.92 bits per heavy atom. The van der Waals surface area contributed by atoms with E-state index in [2.05, 4.69) is 0 Å². The average Bonchev–Trinajstić information content (AvgIpc) is 2.63. The van der Waals surface area contributed by atoms with Gasteiger partial charge >= 0.3 is 0 Å². The Balaban J connectivity index is 1.75. The Morgan fingerprint density at radius 1 is 1.24 bits per heavy atom. The van der Waals surface area contributed by atoms with Crippen molar-refractivity contribution >= 4 is 17.5 Å². The molecule has 2 aromatic rings. The maximum absolute atomic E-state index is 13.1. The van der Waals surface area contributed by atoms with Crippen molar-refractivity contribution in [3.63, 3.8) is 0 Å². The van der Waals surface area contributed by atoms with Crippen LogP contribution in [0.2, 0.25) is 0 Å². The number of carbonyl (C=O) groups excluding carboxylic acids is 2. The second-order valence-electron chi connectivity index (χ2n) is 5.97. The molecular formula is C19H19FN2O3. The summed E-state index contributed by atoms with van der Waals surface area (Å²) in [5.41, 5.74) is 1.42. The van der Waals surface area contributed by atoms with E-state index in [0.717, 1.165) is 5.56 Å². The van der Waals surface area contributed by atoms with Gasteiger partial charge in [0.25, 0.3) is 5.91 Å². The Morgan fingerprint density at radius 3 is 2.64 bits per heavy atom. The maximum Gasteiger partial charge on any atom is 0.265 e. The van der Waals surface area contributed by atoms with Crippen LogP contribution in [0.3, 0.4) is 0 Å². The molecule has 0 aromatic heterocycles. The second-order valence-corrected chi connectivity index (χ2v) is 5.97. The number of ether oxygens (including phenoxy) is 1. The van der Waals surface area contributed by atoms with Gasteiger partial charge in [0.05, 0.1) is 11.7 Å². The first-order valence-corrected chi connectivity index (χ1v) is 8.00. The van der Waals surface area contributed by atoms with E-state index in [1.807, 2.05) is 13.0 Å². The third-order valence-electron chi connectivity index (χ3n) is 4.43. The molecule has 3 rings (SSSR count). The van der Waals surface area contributed by atoms with Gasteiger partial charge in [0, 0.05) is 7.05 Å². The quantitative estimate of drug-likeness (QED) is 0.858. The lowest BCUT2D eigenvalue weighted by Crippen LogP contribution is -2.46. The van der Waals surface area contributed by atoms with Crippen molar-refractivity contribution in [2.24, 2.45) is 0 Å². The smallest absolute Gasteiger partial charge is 0.265 e. The summed E-state index contributed by atoms with van der Waals surface area (Å²) in [4.78, 5) is 27.8. The number of amides is 2. The molecule has 5 nitrogen and oxygen atoms in total. The van der Waals surface area contributed by atoms with Gasteiger partial charge in [-0.2, -0.15) is 0 Å². The van der Waals surface area contributed by atoms with Crippen LogP contribution in [0.1, 0.15) is 18.5 Å². The van der Waals surface area contributed by atoms with E-state index in [-0.39, 0.29) is 36.8 Å². The number of halogens is 1. The minimum atomic E-state index is -0.319. The highest BCUT2D eigenvalue weighted by molar-refractivity contribution is 6.02. The second kappa shape index (κ2) is 6.93. The van der Waals surface area contributed by atoms with Crippen molar-refractivity contribution in [1.82, 2.24) is 4.90 Å². The van der Waals surface area contributed by atoms with Gasteiger partial charge in [0.2, 0.25) is 5.91 Å². The lowest BCUT2D eigenvalue weighted by atomic mass is 10.1. The van der Waals surface area contributed by atoms with E-state index in [0.29, 0.717) is 11.4 Å². The molecule has 1 heterocycles. The molecule has 0 spiro atoms. The standard InChI is InChI=1S/C19H19FN2O3/c1-13(14-7-9-15(20)10-8-14)21(2)18(23)11-22-16-5-3-4-6-17(16)25-12-19(22)24/h3-10,13H,11-12H2,1-2H3/t13-/m1/s1. The van der Waals surface area contributed by atoms with Crippen LogP contribution in [0.4, 0.5) is 10.1 Å². The molecule has 0 radical (unpaired) electrons. The van der Waals surface area contributed by atoms with E-state index < -0.39 is 0 Å². The maximum atomic E-state index is 13.1. The first-order chi connectivity index (χ1) is 12.0. The molecule has 6 heteroatoms.